The largest absolute Gasteiger partial charge is 0.411 e. The van der Waals surface area contributed by atoms with Crippen molar-refractivity contribution in [2.45, 2.75) is 51.6 Å². The second kappa shape index (κ2) is 13.2. The fraction of sp³-hybridized carbons (Fsp3) is 0.941. The average Bonchev–Trinajstić information content (AvgIpc) is 2.82. The summed E-state index contributed by atoms with van der Waals surface area (Å²) in [7, 11) is 0. The highest BCUT2D eigenvalue weighted by Gasteiger charge is 2.27. The Labute approximate surface area is 149 Å². The molecule has 25 heavy (non-hydrogen) atoms. The molecule has 0 atom stereocenters. The normalized spacial score (nSPS) is 17.4. The van der Waals surface area contributed by atoms with Crippen LogP contribution >= 0.6 is 0 Å². The van der Waals surface area contributed by atoms with Crippen molar-refractivity contribution in [3.05, 3.63) is 0 Å². The Balaban J connectivity index is 2.13. The molecule has 0 bridgehead atoms. The summed E-state index contributed by atoms with van der Waals surface area (Å²) in [6.45, 7) is 6.40. The summed E-state index contributed by atoms with van der Waals surface area (Å²) in [5.74, 6) is 0.717. The van der Waals surface area contributed by atoms with Crippen LogP contribution in [-0.2, 0) is 4.74 Å². The minimum Gasteiger partial charge on any atom is -0.372 e. The Bertz CT molecular complexity index is 356. The Morgan fingerprint density at radius 3 is 2.44 bits per heavy atom. The van der Waals surface area contributed by atoms with Crippen LogP contribution in [0.4, 0.5) is 13.2 Å². The molecule has 1 aliphatic rings. The Morgan fingerprint density at radius 1 is 1.08 bits per heavy atom. The molecule has 1 heterocycles. The lowest BCUT2D eigenvalue weighted by Crippen LogP contribution is -2.39. The third-order valence-electron chi connectivity index (χ3n) is 3.97. The van der Waals surface area contributed by atoms with Crippen LogP contribution in [0.1, 0.15) is 45.4 Å². The van der Waals surface area contributed by atoms with E-state index in [9.17, 15) is 13.2 Å². The van der Waals surface area contributed by atoms with Crippen molar-refractivity contribution in [2.24, 2.45) is 4.99 Å². The molecular weight excluding hydrogens is 333 g/mol. The smallest absolute Gasteiger partial charge is 0.372 e. The van der Waals surface area contributed by atoms with Gasteiger partial charge >= 0.3 is 6.18 Å². The van der Waals surface area contributed by atoms with Gasteiger partial charge in [0.15, 0.2) is 5.96 Å². The predicted octanol–water partition coefficient (Wildman–Crippen LogP) is 2.78. The van der Waals surface area contributed by atoms with Crippen LogP contribution in [0, 0.1) is 0 Å². The minimum absolute atomic E-state index is 0.0668. The molecule has 148 valence electrons. The van der Waals surface area contributed by atoms with E-state index in [1.807, 2.05) is 6.92 Å². The van der Waals surface area contributed by atoms with Gasteiger partial charge in [-0.2, -0.15) is 13.2 Å². The molecule has 1 saturated heterocycles. The van der Waals surface area contributed by atoms with Gasteiger partial charge in [-0.3, -0.25) is 4.99 Å². The van der Waals surface area contributed by atoms with Crippen molar-refractivity contribution in [3.63, 3.8) is 0 Å². The van der Waals surface area contributed by atoms with E-state index >= 15 is 0 Å². The Kier molecular flexibility index (Phi) is 11.6. The number of guanidine groups is 1. The molecule has 2 N–H and O–H groups in total. The Hall–Kier alpha value is -1.02. The van der Waals surface area contributed by atoms with Gasteiger partial charge in [-0.1, -0.05) is 12.8 Å². The van der Waals surface area contributed by atoms with Crippen LogP contribution in [0.2, 0.25) is 0 Å². The van der Waals surface area contributed by atoms with Crippen molar-refractivity contribution in [3.8, 4) is 0 Å². The quantitative estimate of drug-likeness (QED) is 0.355. The van der Waals surface area contributed by atoms with Gasteiger partial charge in [-0.25, -0.2) is 0 Å². The summed E-state index contributed by atoms with van der Waals surface area (Å²) in [4.78, 5) is 6.89. The molecule has 0 unspecified atom stereocenters. The number of hydrogen-bond donors (Lipinski definition) is 2. The average molecular weight is 366 g/mol. The lowest BCUT2D eigenvalue weighted by Gasteiger charge is -2.20. The first-order valence-corrected chi connectivity index (χ1v) is 9.40. The van der Waals surface area contributed by atoms with Crippen LogP contribution < -0.4 is 10.6 Å². The van der Waals surface area contributed by atoms with Gasteiger partial charge in [-0.15, -0.1) is 0 Å². The molecule has 5 nitrogen and oxygen atoms in total. The number of rotatable bonds is 10. The summed E-state index contributed by atoms with van der Waals surface area (Å²) in [6.07, 6.45) is 2.56. The molecule has 0 aromatic heterocycles. The highest BCUT2D eigenvalue weighted by atomic mass is 19.4. The van der Waals surface area contributed by atoms with Crippen molar-refractivity contribution in [1.82, 2.24) is 15.5 Å². The molecule has 0 aliphatic carbocycles. The predicted molar refractivity (Wildman–Crippen MR) is 95.0 cm³/mol. The number of likely N-dealkylation sites (tertiary alicyclic amines) is 1. The van der Waals surface area contributed by atoms with Crippen molar-refractivity contribution >= 4 is 5.96 Å². The SMILES string of the molecule is CCNC(=NCCCOCC(F)(F)F)NCCCN1CCCCCC1. The maximum atomic E-state index is 11.9. The lowest BCUT2D eigenvalue weighted by atomic mass is 10.2. The van der Waals surface area contributed by atoms with E-state index in [1.165, 1.54) is 38.8 Å². The molecule has 0 spiro atoms. The topological polar surface area (TPSA) is 48.9 Å². The summed E-state index contributed by atoms with van der Waals surface area (Å²) in [5, 5.41) is 6.43. The zero-order chi connectivity index (χ0) is 18.4. The molecule has 0 amide bonds. The van der Waals surface area contributed by atoms with Crippen molar-refractivity contribution in [2.75, 3.05) is 52.5 Å². The number of ether oxygens (including phenoxy) is 1. The fourth-order valence-corrected chi connectivity index (χ4v) is 2.76. The second-order valence-corrected chi connectivity index (χ2v) is 6.32. The van der Waals surface area contributed by atoms with E-state index < -0.39 is 12.8 Å². The van der Waals surface area contributed by atoms with Crippen molar-refractivity contribution in [1.29, 1.82) is 0 Å². The van der Waals surface area contributed by atoms with E-state index in [2.05, 4.69) is 25.3 Å². The van der Waals surface area contributed by atoms with Crippen LogP contribution in [0.15, 0.2) is 4.99 Å². The van der Waals surface area contributed by atoms with Gasteiger partial charge in [0.05, 0.1) is 0 Å². The Morgan fingerprint density at radius 2 is 1.80 bits per heavy atom. The molecule has 8 heteroatoms. The number of halogens is 3. The van der Waals surface area contributed by atoms with Crippen LogP contribution in [0.25, 0.3) is 0 Å². The maximum absolute atomic E-state index is 11.9. The second-order valence-electron chi connectivity index (χ2n) is 6.32. The molecule has 1 rings (SSSR count). The summed E-state index contributed by atoms with van der Waals surface area (Å²) < 4.78 is 40.4. The lowest BCUT2D eigenvalue weighted by molar-refractivity contribution is -0.173. The summed E-state index contributed by atoms with van der Waals surface area (Å²) in [5.41, 5.74) is 0. The molecule has 0 radical (unpaired) electrons. The van der Waals surface area contributed by atoms with Gasteiger partial charge in [0.25, 0.3) is 0 Å². The number of nitrogens with one attached hydrogen (secondary N) is 2. The highest BCUT2D eigenvalue weighted by Crippen LogP contribution is 2.14. The van der Waals surface area contributed by atoms with Gasteiger partial charge < -0.3 is 20.3 Å². The van der Waals surface area contributed by atoms with Gasteiger partial charge in [0.2, 0.25) is 0 Å². The number of alkyl halides is 3. The third kappa shape index (κ3) is 12.9. The maximum Gasteiger partial charge on any atom is 0.411 e. The summed E-state index contributed by atoms with van der Waals surface area (Å²) in [6, 6.07) is 0. The minimum atomic E-state index is -4.26. The number of nitrogens with zero attached hydrogens (tertiary/aromatic N) is 2. The fourth-order valence-electron chi connectivity index (χ4n) is 2.76. The molecule has 0 aromatic rings. The third-order valence-corrected chi connectivity index (χ3v) is 3.97. The van der Waals surface area contributed by atoms with Crippen molar-refractivity contribution < 1.29 is 17.9 Å². The first-order valence-electron chi connectivity index (χ1n) is 9.40. The van der Waals surface area contributed by atoms with Gasteiger partial charge in [0, 0.05) is 26.2 Å². The van der Waals surface area contributed by atoms with E-state index in [0.717, 1.165) is 26.1 Å². The van der Waals surface area contributed by atoms with E-state index in [4.69, 9.17) is 0 Å². The van der Waals surface area contributed by atoms with E-state index in [0.29, 0.717) is 18.9 Å². The monoisotopic (exact) mass is 366 g/mol. The first kappa shape index (κ1) is 22.0. The molecule has 0 aromatic carbocycles. The molecule has 0 saturated carbocycles. The highest BCUT2D eigenvalue weighted by molar-refractivity contribution is 5.79. The summed E-state index contributed by atoms with van der Waals surface area (Å²) >= 11 is 0. The molecule has 1 fully saturated rings. The first-order chi connectivity index (χ1) is 12.0. The molecule has 1 aliphatic heterocycles. The van der Waals surface area contributed by atoms with Gasteiger partial charge in [0.1, 0.15) is 6.61 Å². The zero-order valence-electron chi connectivity index (χ0n) is 15.3. The molecular formula is C17H33F3N4O. The standard InChI is InChI=1S/C17H33F3N4O/c1-2-21-16(23-10-8-14-25-15-17(18,19)20)22-9-7-13-24-11-5-3-4-6-12-24/h2-15H2,1H3,(H2,21,22,23). The zero-order valence-corrected chi connectivity index (χ0v) is 15.3. The van der Waals surface area contributed by atoms with E-state index in [-0.39, 0.29) is 6.61 Å². The van der Waals surface area contributed by atoms with Crippen LogP contribution in [0.3, 0.4) is 0 Å². The number of aliphatic imine (C=N–C) groups is 1. The van der Waals surface area contributed by atoms with E-state index in [1.54, 1.807) is 0 Å². The van der Waals surface area contributed by atoms with Crippen LogP contribution in [0.5, 0.6) is 0 Å². The van der Waals surface area contributed by atoms with Gasteiger partial charge in [-0.05, 0) is 52.2 Å². The number of hydrogen-bond acceptors (Lipinski definition) is 3. The van der Waals surface area contributed by atoms with Crippen LogP contribution in [-0.4, -0.2) is 69.5 Å².